The van der Waals surface area contributed by atoms with Crippen LogP contribution >= 0.6 is 0 Å². The molecule has 0 spiro atoms. The Morgan fingerprint density at radius 1 is 1.22 bits per heavy atom. The van der Waals surface area contributed by atoms with Gasteiger partial charge >= 0.3 is 0 Å². The zero-order chi connectivity index (χ0) is 19.0. The number of phenolic OH excluding ortho intramolecular Hbond substituents is 1. The first-order valence-electron chi connectivity index (χ1n) is 8.90. The smallest absolute Gasteiger partial charge is 0.254 e. The fourth-order valence-electron chi connectivity index (χ4n) is 3.60. The fourth-order valence-corrected chi connectivity index (χ4v) is 3.60. The van der Waals surface area contributed by atoms with E-state index in [-0.39, 0.29) is 17.7 Å². The van der Waals surface area contributed by atoms with Crippen molar-refractivity contribution in [1.82, 2.24) is 20.0 Å². The molecule has 1 amide bonds. The predicted octanol–water partition coefficient (Wildman–Crippen LogP) is 3.43. The molecule has 138 valence electrons. The zero-order valence-corrected chi connectivity index (χ0v) is 15.2. The quantitative estimate of drug-likeness (QED) is 0.765. The van der Waals surface area contributed by atoms with Crippen LogP contribution in [0.4, 0.5) is 0 Å². The van der Waals surface area contributed by atoms with Crippen molar-refractivity contribution in [2.75, 3.05) is 6.54 Å². The van der Waals surface area contributed by atoms with Gasteiger partial charge in [0.25, 0.3) is 5.91 Å². The number of likely N-dealkylation sites (tertiary alicyclic amines) is 1. The number of hydrogen-bond donors (Lipinski definition) is 1. The molecule has 1 saturated heterocycles. The number of amides is 1. The highest BCUT2D eigenvalue weighted by molar-refractivity contribution is 5.94. The number of aromatic hydroxyl groups is 1. The van der Waals surface area contributed by atoms with Crippen LogP contribution in [0.1, 0.15) is 46.4 Å². The summed E-state index contributed by atoms with van der Waals surface area (Å²) < 4.78 is 5.24. The Bertz CT molecular complexity index is 962. The molecule has 27 heavy (non-hydrogen) atoms. The second-order valence-corrected chi connectivity index (χ2v) is 6.73. The molecule has 4 rings (SSSR count). The Balaban J connectivity index is 1.65. The Labute approximate surface area is 156 Å². The van der Waals surface area contributed by atoms with E-state index < -0.39 is 0 Å². The van der Waals surface area contributed by atoms with Crippen molar-refractivity contribution in [2.24, 2.45) is 0 Å². The molecule has 3 aromatic rings. The van der Waals surface area contributed by atoms with Crippen LogP contribution < -0.4 is 0 Å². The maximum absolute atomic E-state index is 12.9. The Kier molecular flexibility index (Phi) is 4.35. The third-order valence-electron chi connectivity index (χ3n) is 4.91. The summed E-state index contributed by atoms with van der Waals surface area (Å²) in [6.45, 7) is 4.39. The number of phenols is 1. The third kappa shape index (κ3) is 3.16. The average molecular weight is 364 g/mol. The van der Waals surface area contributed by atoms with Crippen LogP contribution in [0.2, 0.25) is 0 Å². The summed E-state index contributed by atoms with van der Waals surface area (Å²) >= 11 is 0. The summed E-state index contributed by atoms with van der Waals surface area (Å²) in [6.07, 6.45) is 5.15. The lowest BCUT2D eigenvalue weighted by molar-refractivity contribution is 0.0732. The third-order valence-corrected chi connectivity index (χ3v) is 4.91. The van der Waals surface area contributed by atoms with Crippen LogP contribution in [0.15, 0.2) is 41.2 Å². The van der Waals surface area contributed by atoms with Crippen molar-refractivity contribution >= 4 is 5.91 Å². The van der Waals surface area contributed by atoms with Crippen LogP contribution in [0.5, 0.6) is 5.75 Å². The summed E-state index contributed by atoms with van der Waals surface area (Å²) in [4.78, 5) is 23.9. The van der Waals surface area contributed by atoms with E-state index in [9.17, 15) is 9.90 Å². The number of carbonyl (C=O) groups excluding carboxylic acids is 1. The van der Waals surface area contributed by atoms with Crippen LogP contribution in [0.25, 0.3) is 11.3 Å². The molecule has 7 nitrogen and oxygen atoms in total. The van der Waals surface area contributed by atoms with Crippen LogP contribution in [0.3, 0.4) is 0 Å². The fraction of sp³-hybridized carbons (Fsp3) is 0.300. The molecule has 1 aliphatic heterocycles. The van der Waals surface area contributed by atoms with Gasteiger partial charge in [-0.25, -0.2) is 4.98 Å². The summed E-state index contributed by atoms with van der Waals surface area (Å²) in [7, 11) is 0. The van der Waals surface area contributed by atoms with Crippen molar-refractivity contribution in [3.8, 4) is 17.0 Å². The van der Waals surface area contributed by atoms with Crippen LogP contribution in [-0.2, 0) is 0 Å². The van der Waals surface area contributed by atoms with Crippen LogP contribution in [0, 0.1) is 13.8 Å². The number of carbonyl (C=O) groups is 1. The molecular weight excluding hydrogens is 344 g/mol. The van der Waals surface area contributed by atoms with E-state index in [4.69, 9.17) is 9.51 Å². The molecule has 1 aromatic carbocycles. The molecule has 1 N–H and O–H groups in total. The first-order valence-corrected chi connectivity index (χ1v) is 8.90. The molecular formula is C20H20N4O3. The highest BCUT2D eigenvalue weighted by Gasteiger charge is 2.32. The molecule has 1 atom stereocenters. The van der Waals surface area contributed by atoms with E-state index in [0.717, 1.165) is 29.8 Å². The van der Waals surface area contributed by atoms with Gasteiger partial charge in [-0.3, -0.25) is 9.78 Å². The van der Waals surface area contributed by atoms with Gasteiger partial charge in [0.2, 0.25) is 0 Å². The number of benzene rings is 1. The number of rotatable bonds is 3. The summed E-state index contributed by atoms with van der Waals surface area (Å²) in [6, 6.07) is 6.20. The second-order valence-electron chi connectivity index (χ2n) is 6.73. The molecule has 0 unspecified atom stereocenters. The zero-order valence-electron chi connectivity index (χ0n) is 15.2. The summed E-state index contributed by atoms with van der Waals surface area (Å²) in [5.41, 5.74) is 3.63. The largest absolute Gasteiger partial charge is 0.508 e. The number of hydrogen-bond acceptors (Lipinski definition) is 6. The maximum atomic E-state index is 12.9. The first kappa shape index (κ1) is 17.2. The second kappa shape index (κ2) is 6.83. The van der Waals surface area contributed by atoms with E-state index in [1.165, 1.54) is 12.1 Å². The van der Waals surface area contributed by atoms with Crippen molar-refractivity contribution in [3.63, 3.8) is 0 Å². The van der Waals surface area contributed by atoms with E-state index in [2.05, 4.69) is 10.1 Å². The molecule has 1 fully saturated rings. The van der Waals surface area contributed by atoms with Crippen molar-refractivity contribution in [1.29, 1.82) is 0 Å². The molecule has 0 bridgehead atoms. The molecule has 0 aliphatic carbocycles. The van der Waals surface area contributed by atoms with Gasteiger partial charge < -0.3 is 14.5 Å². The summed E-state index contributed by atoms with van der Waals surface area (Å²) in [5.74, 6) is 0.770. The Morgan fingerprint density at radius 3 is 2.70 bits per heavy atom. The van der Waals surface area contributed by atoms with Gasteiger partial charge in [0, 0.05) is 12.1 Å². The SMILES string of the molecule is Cc1noc(C)c1-c1cncc([C@H]2CCCN2C(=O)c2ccc(O)cc2)n1. The lowest BCUT2D eigenvalue weighted by atomic mass is 10.1. The molecule has 7 heteroatoms. The molecule has 2 aromatic heterocycles. The van der Waals surface area contributed by atoms with E-state index in [1.54, 1.807) is 24.5 Å². The van der Waals surface area contributed by atoms with Gasteiger partial charge in [-0.1, -0.05) is 5.16 Å². The van der Waals surface area contributed by atoms with Crippen molar-refractivity contribution in [2.45, 2.75) is 32.7 Å². The first-order chi connectivity index (χ1) is 13.0. The van der Waals surface area contributed by atoms with Gasteiger partial charge in [0.05, 0.1) is 41.1 Å². The minimum atomic E-state index is -0.126. The normalized spacial score (nSPS) is 16.7. The molecule has 0 saturated carbocycles. The number of nitrogens with zero attached hydrogens (tertiary/aromatic N) is 4. The Hall–Kier alpha value is -3.22. The molecule has 1 aliphatic rings. The van der Waals surface area contributed by atoms with Crippen molar-refractivity contribution < 1.29 is 14.4 Å². The van der Waals surface area contributed by atoms with Crippen LogP contribution in [-0.4, -0.2) is 37.6 Å². The average Bonchev–Trinajstić information content (AvgIpc) is 3.29. The van der Waals surface area contributed by atoms with Gasteiger partial charge in [-0.15, -0.1) is 0 Å². The predicted molar refractivity (Wildman–Crippen MR) is 98.1 cm³/mol. The standard InChI is InChI=1S/C20H20N4O3/c1-12-19(13(2)27-23-12)17-11-21-10-16(22-17)18-4-3-9-24(18)20(26)14-5-7-15(25)8-6-14/h5-8,10-11,18,25H,3-4,9H2,1-2H3/t18-/m1/s1. The topological polar surface area (TPSA) is 92.4 Å². The lowest BCUT2D eigenvalue weighted by Crippen LogP contribution is -2.31. The lowest BCUT2D eigenvalue weighted by Gasteiger charge is -2.24. The maximum Gasteiger partial charge on any atom is 0.254 e. The van der Waals surface area contributed by atoms with Gasteiger partial charge in [-0.05, 0) is 51.0 Å². The number of aromatic nitrogens is 3. The van der Waals surface area contributed by atoms with E-state index in [0.29, 0.717) is 23.6 Å². The monoisotopic (exact) mass is 364 g/mol. The highest BCUT2D eigenvalue weighted by atomic mass is 16.5. The minimum absolute atomic E-state index is 0.0676. The van der Waals surface area contributed by atoms with E-state index in [1.807, 2.05) is 18.7 Å². The summed E-state index contributed by atoms with van der Waals surface area (Å²) in [5, 5.41) is 13.4. The van der Waals surface area contributed by atoms with Gasteiger partial charge in [0.15, 0.2) is 0 Å². The Morgan fingerprint density at radius 2 is 2.00 bits per heavy atom. The van der Waals surface area contributed by atoms with Gasteiger partial charge in [-0.2, -0.15) is 0 Å². The van der Waals surface area contributed by atoms with E-state index >= 15 is 0 Å². The highest BCUT2D eigenvalue weighted by Crippen LogP contribution is 2.33. The molecule has 0 radical (unpaired) electrons. The molecule has 3 heterocycles. The number of aryl methyl sites for hydroxylation is 2. The minimum Gasteiger partial charge on any atom is -0.508 e. The van der Waals surface area contributed by atoms with Gasteiger partial charge in [0.1, 0.15) is 11.5 Å². The van der Waals surface area contributed by atoms with Crippen molar-refractivity contribution in [3.05, 3.63) is 59.4 Å².